The summed E-state index contributed by atoms with van der Waals surface area (Å²) in [5.41, 5.74) is -3.54. The lowest BCUT2D eigenvalue weighted by molar-refractivity contribution is -0.386. The van der Waals surface area contributed by atoms with Crippen LogP contribution >= 0.6 is 0 Å². The van der Waals surface area contributed by atoms with E-state index in [0.29, 0.717) is 32.1 Å². The van der Waals surface area contributed by atoms with Crippen LogP contribution in [-0.4, -0.2) is 246 Å². The van der Waals surface area contributed by atoms with Crippen molar-refractivity contribution in [3.8, 4) is 0 Å². The van der Waals surface area contributed by atoms with Gasteiger partial charge in [0.05, 0.1) is 49.1 Å². The maximum Gasteiger partial charge on any atom is 0.335 e. The van der Waals surface area contributed by atoms with Crippen LogP contribution in [0.3, 0.4) is 0 Å². The fourth-order valence-electron chi connectivity index (χ4n) is 17.8. The van der Waals surface area contributed by atoms with Crippen molar-refractivity contribution in [3.05, 3.63) is 34.9 Å². The second-order valence-corrected chi connectivity index (χ2v) is 29.4. The minimum atomic E-state index is -2.13. The van der Waals surface area contributed by atoms with Crippen molar-refractivity contribution < 1.29 is 133 Å². The summed E-state index contributed by atoms with van der Waals surface area (Å²) in [7, 11) is 0. The number of fused-ring (bicyclic) bond motifs is 7. The number of carbonyl (C=O) groups is 4. The molecule has 5 aliphatic carbocycles. The van der Waals surface area contributed by atoms with Gasteiger partial charge in [0, 0.05) is 18.1 Å². The van der Waals surface area contributed by atoms with Crippen molar-refractivity contribution in [3.63, 3.8) is 0 Å². The molecule has 4 saturated carbocycles. The van der Waals surface area contributed by atoms with Gasteiger partial charge in [0.1, 0.15) is 73.8 Å². The number of esters is 3. The van der Waals surface area contributed by atoms with Crippen molar-refractivity contribution in [2.75, 3.05) is 19.8 Å². The molecule has 0 spiro atoms. The van der Waals surface area contributed by atoms with E-state index in [0.717, 1.165) is 5.57 Å². The first-order valence-corrected chi connectivity index (χ1v) is 32.3. The molecule has 27 nitrogen and oxygen atoms in total. The van der Waals surface area contributed by atoms with Gasteiger partial charge in [-0.05, 0) is 124 Å². The van der Waals surface area contributed by atoms with Gasteiger partial charge in [-0.2, -0.15) is 0 Å². The Kier molecular flexibility index (Phi) is 21.3. The smallest absolute Gasteiger partial charge is 0.335 e. The largest absolute Gasteiger partial charge is 0.479 e. The first-order valence-electron chi connectivity index (χ1n) is 32.3. The summed E-state index contributed by atoms with van der Waals surface area (Å²) >= 11 is 0. The van der Waals surface area contributed by atoms with Gasteiger partial charge in [0.15, 0.2) is 43.5 Å². The van der Waals surface area contributed by atoms with E-state index in [2.05, 4.69) is 26.8 Å². The van der Waals surface area contributed by atoms with Gasteiger partial charge in [-0.15, -0.1) is 0 Å². The van der Waals surface area contributed by atoms with E-state index < -0.39 is 223 Å². The molecule has 12 N–H and O–H groups in total. The predicted molar refractivity (Wildman–Crippen MR) is 316 cm³/mol. The molecular formula is C65H100O27. The first-order chi connectivity index (χ1) is 42.9. The lowest BCUT2D eigenvalue weighted by Crippen LogP contribution is -2.72. The highest BCUT2D eigenvalue weighted by Crippen LogP contribution is 2.76. The maximum atomic E-state index is 13.4. The number of carboxylic acids is 1. The van der Waals surface area contributed by atoms with E-state index in [1.807, 2.05) is 27.7 Å². The highest BCUT2D eigenvalue weighted by atomic mass is 16.8. The molecule has 0 radical (unpaired) electrons. The zero-order chi connectivity index (χ0) is 68.0. The average molecular weight is 1310 g/mol. The summed E-state index contributed by atoms with van der Waals surface area (Å²) in [5.74, 6) is -4.56. The molecule has 0 aromatic rings. The van der Waals surface area contributed by atoms with Gasteiger partial charge in [-0.3, -0.25) is 4.79 Å². The van der Waals surface area contributed by atoms with Gasteiger partial charge in [-0.25, -0.2) is 14.4 Å². The molecule has 10 unspecified atom stereocenters. The lowest BCUT2D eigenvalue weighted by Gasteiger charge is -2.72. The molecule has 0 aromatic heterocycles. The van der Waals surface area contributed by atoms with Crippen LogP contribution in [0.25, 0.3) is 0 Å². The van der Waals surface area contributed by atoms with E-state index in [-0.39, 0.29) is 35.8 Å². The van der Waals surface area contributed by atoms with Gasteiger partial charge >= 0.3 is 23.9 Å². The van der Waals surface area contributed by atoms with Crippen LogP contribution in [0.5, 0.6) is 0 Å². The van der Waals surface area contributed by atoms with Gasteiger partial charge in [0.25, 0.3) is 0 Å². The molecule has 30 atom stereocenters. The number of aliphatic hydroxyl groups excluding tert-OH is 11. The monoisotopic (exact) mass is 1310 g/mol. The Morgan fingerprint density at radius 2 is 1.16 bits per heavy atom. The summed E-state index contributed by atoms with van der Waals surface area (Å²) in [6.07, 6.45) is -29.1. The summed E-state index contributed by atoms with van der Waals surface area (Å²) in [6, 6.07) is 0. The molecule has 4 aliphatic heterocycles. The average Bonchev–Trinajstić information content (AvgIpc) is 0.719. The summed E-state index contributed by atoms with van der Waals surface area (Å²) in [6.45, 7) is 21.8. The summed E-state index contributed by atoms with van der Waals surface area (Å²) in [5, 5.41) is 135. The van der Waals surface area contributed by atoms with Crippen LogP contribution in [0.15, 0.2) is 34.9 Å². The Hall–Kier alpha value is -3.66. The van der Waals surface area contributed by atoms with Crippen molar-refractivity contribution in [1.82, 2.24) is 0 Å². The Morgan fingerprint density at radius 1 is 0.609 bits per heavy atom. The Balaban J connectivity index is 1.01. The van der Waals surface area contributed by atoms with Crippen LogP contribution in [0, 0.1) is 50.2 Å². The highest BCUT2D eigenvalue weighted by Gasteiger charge is 2.74. The van der Waals surface area contributed by atoms with E-state index in [1.165, 1.54) is 19.9 Å². The van der Waals surface area contributed by atoms with Crippen LogP contribution < -0.4 is 0 Å². The molecule has 8 fully saturated rings. The summed E-state index contributed by atoms with van der Waals surface area (Å²) in [4.78, 5) is 52.4. The Labute approximate surface area is 535 Å². The number of hydrogen-bond acceptors (Lipinski definition) is 26. The lowest BCUT2D eigenvalue weighted by atomic mass is 9.33. The molecule has 522 valence electrons. The predicted octanol–water partition coefficient (Wildman–Crippen LogP) is 0.715. The van der Waals surface area contributed by atoms with E-state index in [9.17, 15) is 80.5 Å². The molecule has 92 heavy (non-hydrogen) atoms. The normalized spacial score (nSPS) is 48.4. The molecule has 0 bridgehead atoms. The third-order valence-electron chi connectivity index (χ3n) is 23.6. The first kappa shape index (κ1) is 72.6. The molecule has 4 heterocycles. The fraction of sp³-hybridized carbons (Fsp3) is 0.846. The van der Waals surface area contributed by atoms with Crippen LogP contribution in [0.4, 0.5) is 0 Å². The number of ether oxygens (including phenoxy) is 11. The number of carboxylic acid groups (broad SMARTS) is 1. The minimum Gasteiger partial charge on any atom is -0.479 e. The zero-order valence-corrected chi connectivity index (χ0v) is 54.8. The Bertz CT molecular complexity index is 2790. The second kappa shape index (κ2) is 27.0. The van der Waals surface area contributed by atoms with Gasteiger partial charge in [0.2, 0.25) is 0 Å². The Morgan fingerprint density at radius 3 is 1.73 bits per heavy atom. The fourth-order valence-corrected chi connectivity index (χ4v) is 17.8. The number of hydrogen-bond donors (Lipinski definition) is 12. The molecule has 27 heteroatoms. The van der Waals surface area contributed by atoms with E-state index >= 15 is 0 Å². The molecule has 9 rings (SSSR count). The second-order valence-electron chi connectivity index (χ2n) is 29.4. The van der Waals surface area contributed by atoms with E-state index in [4.69, 9.17) is 52.1 Å². The highest BCUT2D eigenvalue weighted by molar-refractivity contribution is 5.88. The SMILES string of the molecule is C/C=C(/C)C(=O)OC1[C@@H](OC(=O)/C(C)=C\C)C(C)O[C@@H](O[C@H]2[C@H](O)[C@@]3(COC(C)=O)C(CC2(C)C)C2=CCC4[C@@]5(C)CC[C@H](O[C@@H]6OC(C(=O)O)[C@@H](O)C(O[C@@H]7O[C@@H](CO)C(O)[C@@H]7O)[C@@H]6O[C@@H]6OC(CO)[C@H](O)C(O)[C@@H]6O)C(C)(C)C5CC[C@@]4(C)[C@]2(C)C[C@H]3O)[C@H]1O. The number of aliphatic hydroxyl groups is 11. The standard InChI is InChI=1S/C65H100O27/c1-14-27(3)54(80)87-46-29(5)83-58(45(76)48(46)88-55(81)28(4)15-2)92-52-51(77)65(26-82-30(6)68)32(22-60(52,7)8)31-16-17-36-62(11)20-19-38(61(9,10)35(62)18-21-63(36,12)64(31,13)23-37(65)69)86-59-50(91-57-43(74)41(72)39(70)33(24-66)84-57)47(44(75)49(90-59)53(78)79)89-56-42(73)40(71)34(25-67)85-56/h14-16,29,32-52,56-59,66-67,69-77H,17-26H2,1-13H3,(H,78,79)/b27-14-,28-15-/t29?,32?,33?,34-,35?,36?,37+,38-,39-,40?,41?,42-,43-,44-,45-,46-,47?,48?,49?,50-,51-,52-,56-,57-,58-,59+,62-,63+,64+,65-/m0/s1. The molecular weight excluding hydrogens is 1210 g/mol. The van der Waals surface area contributed by atoms with Crippen LogP contribution in [-0.2, 0) is 71.3 Å². The minimum absolute atomic E-state index is 0.0439. The summed E-state index contributed by atoms with van der Waals surface area (Å²) < 4.78 is 67.2. The number of aliphatic carboxylic acids is 1. The molecule has 9 aliphatic rings. The third-order valence-corrected chi connectivity index (χ3v) is 23.6. The molecule has 0 amide bonds. The van der Waals surface area contributed by atoms with Crippen molar-refractivity contribution in [2.24, 2.45) is 50.2 Å². The molecule has 4 saturated heterocycles. The third kappa shape index (κ3) is 12.3. The quantitative estimate of drug-likeness (QED) is 0.0314. The van der Waals surface area contributed by atoms with Crippen LogP contribution in [0.2, 0.25) is 0 Å². The van der Waals surface area contributed by atoms with Crippen molar-refractivity contribution in [2.45, 2.75) is 276 Å². The van der Waals surface area contributed by atoms with Gasteiger partial charge in [-0.1, -0.05) is 72.3 Å². The van der Waals surface area contributed by atoms with E-state index in [1.54, 1.807) is 33.8 Å². The molecule has 0 aromatic carbocycles. The van der Waals surface area contributed by atoms with Gasteiger partial charge < -0.3 is 113 Å². The van der Waals surface area contributed by atoms with Crippen LogP contribution in [0.1, 0.15) is 135 Å². The number of rotatable bonds is 17. The zero-order valence-electron chi connectivity index (χ0n) is 54.8. The number of allylic oxidation sites excluding steroid dienone is 4. The van der Waals surface area contributed by atoms with Crippen molar-refractivity contribution >= 4 is 23.9 Å². The number of carbonyl (C=O) groups excluding carboxylic acids is 3. The maximum absolute atomic E-state index is 13.4. The van der Waals surface area contributed by atoms with Crippen molar-refractivity contribution in [1.29, 1.82) is 0 Å². The topological polar surface area (TPSA) is 413 Å².